The molecule has 1 fully saturated rings. The molecule has 0 bridgehead atoms. The highest BCUT2D eigenvalue weighted by atomic mass is 79.9. The van der Waals surface area contributed by atoms with Crippen molar-refractivity contribution < 1.29 is 9.59 Å². The van der Waals surface area contributed by atoms with Crippen molar-refractivity contribution in [2.24, 2.45) is 5.92 Å². The molecule has 0 unspecified atom stereocenters. The minimum atomic E-state index is -0.126. The van der Waals surface area contributed by atoms with Gasteiger partial charge in [-0.25, -0.2) is 4.68 Å². The summed E-state index contributed by atoms with van der Waals surface area (Å²) in [6.07, 6.45) is 4.56. The number of halogens is 1. The quantitative estimate of drug-likeness (QED) is 0.645. The van der Waals surface area contributed by atoms with E-state index in [1.54, 1.807) is 27.5 Å². The number of hydrogen-bond donors (Lipinski definition) is 1. The standard InChI is InChI=1S/C18H17BrN6O2S/c19-14-1-3-15(4-2-14)25-10-13(9-21-25)17(27)24-7-5-12(6-8-24)16(26)22-18-23-20-11-28-18/h1-4,9-12H,5-8H2,(H,22,23,26). The first kappa shape index (κ1) is 18.8. The highest BCUT2D eigenvalue weighted by Gasteiger charge is 2.28. The Balaban J connectivity index is 1.35. The Morgan fingerprint density at radius 1 is 1.18 bits per heavy atom. The van der Waals surface area contributed by atoms with Gasteiger partial charge in [-0.15, -0.1) is 10.2 Å². The van der Waals surface area contributed by atoms with Crippen LogP contribution in [0, 0.1) is 5.92 Å². The first-order valence-corrected chi connectivity index (χ1v) is 10.4. The van der Waals surface area contributed by atoms with E-state index in [1.165, 1.54) is 11.3 Å². The summed E-state index contributed by atoms with van der Waals surface area (Å²) in [5, 5.41) is 15.1. The van der Waals surface area contributed by atoms with Crippen LogP contribution in [0.3, 0.4) is 0 Å². The monoisotopic (exact) mass is 460 g/mol. The smallest absolute Gasteiger partial charge is 0.257 e. The Hall–Kier alpha value is -2.59. The largest absolute Gasteiger partial charge is 0.339 e. The number of benzene rings is 1. The van der Waals surface area contributed by atoms with Crippen LogP contribution in [0.15, 0.2) is 46.6 Å². The molecule has 0 radical (unpaired) electrons. The summed E-state index contributed by atoms with van der Waals surface area (Å²) in [6, 6.07) is 7.70. The van der Waals surface area contributed by atoms with Gasteiger partial charge in [0.1, 0.15) is 5.51 Å². The topological polar surface area (TPSA) is 93.0 Å². The first-order valence-electron chi connectivity index (χ1n) is 8.77. The van der Waals surface area contributed by atoms with Crippen LogP contribution < -0.4 is 5.32 Å². The minimum Gasteiger partial charge on any atom is -0.339 e. The highest BCUT2D eigenvalue weighted by molar-refractivity contribution is 9.10. The summed E-state index contributed by atoms with van der Waals surface area (Å²) in [5.74, 6) is -0.253. The summed E-state index contributed by atoms with van der Waals surface area (Å²) in [4.78, 5) is 26.9. The number of likely N-dealkylation sites (tertiary alicyclic amines) is 1. The summed E-state index contributed by atoms with van der Waals surface area (Å²) < 4.78 is 2.67. The number of anilines is 1. The van der Waals surface area contributed by atoms with Crippen LogP contribution in [-0.4, -0.2) is 49.8 Å². The van der Waals surface area contributed by atoms with Gasteiger partial charge in [0.05, 0.1) is 17.4 Å². The Labute approximate surface area is 173 Å². The molecule has 0 saturated carbocycles. The number of hydrogen-bond acceptors (Lipinski definition) is 6. The lowest BCUT2D eigenvalue weighted by molar-refractivity contribution is -0.121. The molecule has 0 atom stereocenters. The number of amides is 2. The van der Waals surface area contributed by atoms with Crippen LogP contribution in [-0.2, 0) is 4.79 Å². The Morgan fingerprint density at radius 2 is 1.93 bits per heavy atom. The van der Waals surface area contributed by atoms with Crippen molar-refractivity contribution >= 4 is 44.2 Å². The zero-order valence-electron chi connectivity index (χ0n) is 14.8. The van der Waals surface area contributed by atoms with Crippen molar-refractivity contribution in [2.75, 3.05) is 18.4 Å². The molecule has 2 amide bonds. The molecule has 144 valence electrons. The summed E-state index contributed by atoms with van der Waals surface area (Å²) in [6.45, 7) is 1.08. The molecule has 28 heavy (non-hydrogen) atoms. The van der Waals surface area contributed by atoms with Crippen LogP contribution in [0.1, 0.15) is 23.2 Å². The van der Waals surface area contributed by atoms with Gasteiger partial charge in [0.15, 0.2) is 0 Å². The average molecular weight is 461 g/mol. The summed E-state index contributed by atoms with van der Waals surface area (Å²) in [5.41, 5.74) is 3.00. The average Bonchev–Trinajstić information content (AvgIpc) is 3.40. The van der Waals surface area contributed by atoms with Gasteiger partial charge in [-0.05, 0) is 37.1 Å². The summed E-state index contributed by atoms with van der Waals surface area (Å²) >= 11 is 4.69. The maximum Gasteiger partial charge on any atom is 0.257 e. The van der Waals surface area contributed by atoms with E-state index in [0.29, 0.717) is 36.6 Å². The number of nitrogens with one attached hydrogen (secondary N) is 1. The van der Waals surface area contributed by atoms with Gasteiger partial charge in [0.2, 0.25) is 11.0 Å². The third-order valence-electron chi connectivity index (χ3n) is 4.66. The van der Waals surface area contributed by atoms with Crippen molar-refractivity contribution in [3.63, 3.8) is 0 Å². The van der Waals surface area contributed by atoms with Gasteiger partial charge in [0.25, 0.3) is 5.91 Å². The molecule has 10 heteroatoms. The van der Waals surface area contributed by atoms with Crippen LogP contribution in [0.4, 0.5) is 5.13 Å². The lowest BCUT2D eigenvalue weighted by atomic mass is 9.95. The van der Waals surface area contributed by atoms with Gasteiger partial charge in [-0.2, -0.15) is 5.10 Å². The van der Waals surface area contributed by atoms with E-state index in [9.17, 15) is 9.59 Å². The lowest BCUT2D eigenvalue weighted by Gasteiger charge is -2.30. The number of carbonyl (C=O) groups excluding carboxylic acids is 2. The fourth-order valence-corrected chi connectivity index (χ4v) is 3.84. The molecule has 2 aromatic heterocycles. The number of carbonyl (C=O) groups is 2. The normalized spacial score (nSPS) is 14.8. The van der Waals surface area contributed by atoms with Gasteiger partial charge in [-0.3, -0.25) is 9.59 Å². The zero-order valence-corrected chi connectivity index (χ0v) is 17.2. The van der Waals surface area contributed by atoms with E-state index < -0.39 is 0 Å². The number of rotatable bonds is 4. The molecule has 1 saturated heterocycles. The number of aromatic nitrogens is 4. The van der Waals surface area contributed by atoms with Gasteiger partial charge in [-0.1, -0.05) is 27.3 Å². The Bertz CT molecular complexity index is 964. The van der Waals surface area contributed by atoms with E-state index in [4.69, 9.17) is 0 Å². The molecule has 0 aliphatic carbocycles. The van der Waals surface area contributed by atoms with Crippen molar-refractivity contribution in [1.29, 1.82) is 0 Å². The molecule has 1 aliphatic rings. The Morgan fingerprint density at radius 3 is 2.61 bits per heavy atom. The van der Waals surface area contributed by atoms with E-state index in [1.807, 2.05) is 24.3 Å². The summed E-state index contributed by atoms with van der Waals surface area (Å²) in [7, 11) is 0. The third-order valence-corrected chi connectivity index (χ3v) is 5.80. The molecular formula is C18H17BrN6O2S. The Kier molecular flexibility index (Phi) is 5.49. The number of nitrogens with zero attached hydrogens (tertiary/aromatic N) is 5. The SMILES string of the molecule is O=C(Nc1nncs1)C1CCN(C(=O)c2cnn(-c3ccc(Br)cc3)c2)CC1. The van der Waals surface area contributed by atoms with Crippen molar-refractivity contribution in [3.8, 4) is 5.69 Å². The molecular weight excluding hydrogens is 444 g/mol. The van der Waals surface area contributed by atoms with Gasteiger partial charge in [0, 0.05) is 29.7 Å². The van der Waals surface area contributed by atoms with Crippen LogP contribution in [0.25, 0.3) is 5.69 Å². The second-order valence-corrected chi connectivity index (χ2v) is 8.20. The number of piperidine rings is 1. The third kappa shape index (κ3) is 4.12. The van der Waals surface area contributed by atoms with Crippen molar-refractivity contribution in [2.45, 2.75) is 12.8 Å². The first-order chi connectivity index (χ1) is 13.6. The maximum atomic E-state index is 12.8. The van der Waals surface area contributed by atoms with Crippen LogP contribution in [0.5, 0.6) is 0 Å². The van der Waals surface area contributed by atoms with Crippen molar-refractivity contribution in [1.82, 2.24) is 24.9 Å². The minimum absolute atomic E-state index is 0.0630. The molecule has 0 spiro atoms. The zero-order chi connectivity index (χ0) is 19.5. The van der Waals surface area contributed by atoms with E-state index >= 15 is 0 Å². The highest BCUT2D eigenvalue weighted by Crippen LogP contribution is 2.22. The van der Waals surface area contributed by atoms with Crippen LogP contribution >= 0.6 is 27.3 Å². The van der Waals surface area contributed by atoms with Gasteiger partial charge >= 0.3 is 0 Å². The fourth-order valence-electron chi connectivity index (χ4n) is 3.13. The maximum absolute atomic E-state index is 12.8. The fraction of sp³-hybridized carbons (Fsp3) is 0.278. The molecule has 1 aromatic carbocycles. The molecule has 4 rings (SSSR count). The lowest BCUT2D eigenvalue weighted by Crippen LogP contribution is -2.41. The molecule has 3 heterocycles. The predicted molar refractivity (Wildman–Crippen MR) is 108 cm³/mol. The van der Waals surface area contributed by atoms with Crippen LogP contribution in [0.2, 0.25) is 0 Å². The second kappa shape index (κ2) is 8.19. The molecule has 1 N–H and O–H groups in total. The molecule has 1 aliphatic heterocycles. The molecule has 3 aromatic rings. The van der Waals surface area contributed by atoms with Crippen molar-refractivity contribution in [3.05, 3.63) is 52.2 Å². The second-order valence-electron chi connectivity index (χ2n) is 6.45. The van der Waals surface area contributed by atoms with E-state index in [2.05, 4.69) is 36.5 Å². The van der Waals surface area contributed by atoms with E-state index in [0.717, 1.165) is 10.2 Å². The molecule has 8 nitrogen and oxygen atoms in total. The van der Waals surface area contributed by atoms with E-state index in [-0.39, 0.29) is 17.7 Å². The van der Waals surface area contributed by atoms with Gasteiger partial charge < -0.3 is 10.2 Å². The predicted octanol–water partition coefficient (Wildman–Crippen LogP) is 2.98.